The van der Waals surface area contributed by atoms with E-state index < -0.39 is 0 Å². The SMILES string of the molecule is C=C(C)C[C@H](N)c1ccc(Cl)cc1.Cl. The highest BCUT2D eigenvalue weighted by Gasteiger charge is 2.04. The van der Waals surface area contributed by atoms with Crippen LogP contribution in [0.5, 0.6) is 0 Å². The maximum atomic E-state index is 5.94. The Hall–Kier alpha value is -0.500. The summed E-state index contributed by atoms with van der Waals surface area (Å²) in [5.41, 5.74) is 8.15. The second kappa shape index (κ2) is 6.07. The molecular formula is C11H15Cl2N. The summed E-state index contributed by atoms with van der Waals surface area (Å²) in [6.45, 7) is 5.81. The Morgan fingerprint density at radius 3 is 2.36 bits per heavy atom. The zero-order valence-electron chi connectivity index (χ0n) is 8.16. The van der Waals surface area contributed by atoms with Gasteiger partial charge in [0, 0.05) is 11.1 Å². The van der Waals surface area contributed by atoms with Crippen molar-refractivity contribution in [1.82, 2.24) is 0 Å². The standard InChI is InChI=1S/C11H14ClN.ClH/c1-8(2)7-11(13)9-3-5-10(12)6-4-9;/h3-6,11H,1,7,13H2,2H3;1H/t11-;/m0./s1. The fourth-order valence-electron chi connectivity index (χ4n) is 1.20. The van der Waals surface area contributed by atoms with Gasteiger partial charge < -0.3 is 5.73 Å². The third-order valence-electron chi connectivity index (χ3n) is 1.87. The Morgan fingerprint density at radius 2 is 1.93 bits per heavy atom. The van der Waals surface area contributed by atoms with E-state index in [1.54, 1.807) is 0 Å². The second-order valence-electron chi connectivity index (χ2n) is 3.32. The first-order chi connectivity index (χ1) is 6.09. The molecule has 0 unspecified atom stereocenters. The summed E-state index contributed by atoms with van der Waals surface area (Å²) >= 11 is 5.76. The van der Waals surface area contributed by atoms with E-state index >= 15 is 0 Å². The minimum Gasteiger partial charge on any atom is -0.324 e. The van der Waals surface area contributed by atoms with Crippen LogP contribution >= 0.6 is 24.0 Å². The molecule has 2 N–H and O–H groups in total. The zero-order chi connectivity index (χ0) is 9.84. The van der Waals surface area contributed by atoms with Crippen LogP contribution in [0.2, 0.25) is 5.02 Å². The Bertz CT molecular complexity index is 293. The molecule has 0 aliphatic rings. The fraction of sp³-hybridized carbons (Fsp3) is 0.273. The molecule has 1 aromatic carbocycles. The normalized spacial score (nSPS) is 11.6. The van der Waals surface area contributed by atoms with Gasteiger partial charge in [0.2, 0.25) is 0 Å². The van der Waals surface area contributed by atoms with Crippen LogP contribution < -0.4 is 5.73 Å². The van der Waals surface area contributed by atoms with Crippen LogP contribution in [0.4, 0.5) is 0 Å². The summed E-state index contributed by atoms with van der Waals surface area (Å²) in [5.74, 6) is 0. The van der Waals surface area contributed by atoms with Crippen LogP contribution in [0.1, 0.15) is 24.9 Å². The van der Waals surface area contributed by atoms with Gasteiger partial charge in [0.15, 0.2) is 0 Å². The van der Waals surface area contributed by atoms with Crippen molar-refractivity contribution in [3.8, 4) is 0 Å². The first kappa shape index (κ1) is 13.5. The van der Waals surface area contributed by atoms with Crippen molar-refractivity contribution in [1.29, 1.82) is 0 Å². The van der Waals surface area contributed by atoms with E-state index in [1.165, 1.54) is 0 Å². The molecule has 1 rings (SSSR count). The summed E-state index contributed by atoms with van der Waals surface area (Å²) in [4.78, 5) is 0. The van der Waals surface area contributed by atoms with Crippen LogP contribution in [-0.2, 0) is 0 Å². The third-order valence-corrected chi connectivity index (χ3v) is 2.12. The van der Waals surface area contributed by atoms with Crippen molar-refractivity contribution >= 4 is 24.0 Å². The predicted molar refractivity (Wildman–Crippen MR) is 65.1 cm³/mol. The van der Waals surface area contributed by atoms with E-state index in [9.17, 15) is 0 Å². The summed E-state index contributed by atoms with van der Waals surface area (Å²) < 4.78 is 0. The van der Waals surface area contributed by atoms with Gasteiger partial charge in [-0.05, 0) is 31.0 Å². The minimum atomic E-state index is 0. The van der Waals surface area contributed by atoms with Gasteiger partial charge in [0.05, 0.1) is 0 Å². The average Bonchev–Trinajstić information content (AvgIpc) is 2.04. The molecule has 0 fully saturated rings. The fourth-order valence-corrected chi connectivity index (χ4v) is 1.33. The second-order valence-corrected chi connectivity index (χ2v) is 3.76. The quantitative estimate of drug-likeness (QED) is 0.789. The lowest BCUT2D eigenvalue weighted by Gasteiger charge is -2.11. The van der Waals surface area contributed by atoms with Crippen molar-refractivity contribution in [2.45, 2.75) is 19.4 Å². The molecule has 0 radical (unpaired) electrons. The molecule has 0 aliphatic carbocycles. The van der Waals surface area contributed by atoms with Gasteiger partial charge in [-0.3, -0.25) is 0 Å². The van der Waals surface area contributed by atoms with Crippen molar-refractivity contribution in [2.24, 2.45) is 5.73 Å². The van der Waals surface area contributed by atoms with Gasteiger partial charge in [-0.25, -0.2) is 0 Å². The average molecular weight is 232 g/mol. The lowest BCUT2D eigenvalue weighted by molar-refractivity contribution is 0.717. The number of hydrogen-bond donors (Lipinski definition) is 1. The van der Waals surface area contributed by atoms with E-state index in [-0.39, 0.29) is 18.4 Å². The van der Waals surface area contributed by atoms with Crippen LogP contribution in [0, 0.1) is 0 Å². The van der Waals surface area contributed by atoms with Gasteiger partial charge >= 0.3 is 0 Å². The molecule has 0 saturated heterocycles. The van der Waals surface area contributed by atoms with E-state index in [2.05, 4.69) is 6.58 Å². The van der Waals surface area contributed by atoms with E-state index in [0.717, 1.165) is 22.6 Å². The van der Waals surface area contributed by atoms with Crippen LogP contribution in [0.3, 0.4) is 0 Å². The van der Waals surface area contributed by atoms with Crippen LogP contribution in [0.25, 0.3) is 0 Å². The summed E-state index contributed by atoms with van der Waals surface area (Å²) in [6, 6.07) is 7.66. The van der Waals surface area contributed by atoms with Gasteiger partial charge in [0.25, 0.3) is 0 Å². The molecule has 14 heavy (non-hydrogen) atoms. The monoisotopic (exact) mass is 231 g/mol. The van der Waals surface area contributed by atoms with Gasteiger partial charge in [-0.2, -0.15) is 0 Å². The highest BCUT2D eigenvalue weighted by atomic mass is 35.5. The van der Waals surface area contributed by atoms with Gasteiger partial charge in [-0.1, -0.05) is 29.3 Å². The molecule has 0 amide bonds. The van der Waals surface area contributed by atoms with Gasteiger partial charge in [-0.15, -0.1) is 19.0 Å². The van der Waals surface area contributed by atoms with E-state index in [4.69, 9.17) is 17.3 Å². The first-order valence-electron chi connectivity index (χ1n) is 4.25. The molecule has 1 nitrogen and oxygen atoms in total. The first-order valence-corrected chi connectivity index (χ1v) is 4.63. The number of benzene rings is 1. The number of rotatable bonds is 3. The molecule has 0 spiro atoms. The Labute approximate surface area is 96.4 Å². The molecule has 0 bridgehead atoms. The third kappa shape index (κ3) is 4.14. The Balaban J connectivity index is 0.00000169. The summed E-state index contributed by atoms with van der Waals surface area (Å²) in [5, 5.41) is 0.742. The van der Waals surface area contributed by atoms with E-state index in [1.807, 2.05) is 31.2 Å². The number of hydrogen-bond acceptors (Lipinski definition) is 1. The molecule has 0 heterocycles. The topological polar surface area (TPSA) is 26.0 Å². The molecule has 0 aromatic heterocycles. The van der Waals surface area contributed by atoms with Crippen molar-refractivity contribution in [2.75, 3.05) is 0 Å². The lowest BCUT2D eigenvalue weighted by Crippen LogP contribution is -2.09. The highest BCUT2D eigenvalue weighted by Crippen LogP contribution is 2.19. The molecule has 78 valence electrons. The molecule has 0 aliphatic heterocycles. The minimum absolute atomic E-state index is 0. The zero-order valence-corrected chi connectivity index (χ0v) is 9.74. The number of halogens is 2. The van der Waals surface area contributed by atoms with Crippen LogP contribution in [0.15, 0.2) is 36.4 Å². The highest BCUT2D eigenvalue weighted by molar-refractivity contribution is 6.30. The Morgan fingerprint density at radius 1 is 1.43 bits per heavy atom. The maximum absolute atomic E-state index is 5.94. The van der Waals surface area contributed by atoms with Crippen molar-refractivity contribution in [3.63, 3.8) is 0 Å². The van der Waals surface area contributed by atoms with Crippen molar-refractivity contribution < 1.29 is 0 Å². The molecular weight excluding hydrogens is 217 g/mol. The molecule has 0 saturated carbocycles. The summed E-state index contributed by atoms with van der Waals surface area (Å²) in [7, 11) is 0. The maximum Gasteiger partial charge on any atom is 0.0406 e. The number of nitrogens with two attached hydrogens (primary N) is 1. The Kier molecular flexibility index (Phi) is 5.86. The van der Waals surface area contributed by atoms with Crippen LogP contribution in [-0.4, -0.2) is 0 Å². The van der Waals surface area contributed by atoms with Crippen molar-refractivity contribution in [3.05, 3.63) is 47.0 Å². The molecule has 1 aromatic rings. The van der Waals surface area contributed by atoms with E-state index in [0.29, 0.717) is 0 Å². The molecule has 3 heteroatoms. The molecule has 1 atom stereocenters. The van der Waals surface area contributed by atoms with Gasteiger partial charge in [0.1, 0.15) is 0 Å². The summed E-state index contributed by atoms with van der Waals surface area (Å²) in [6.07, 6.45) is 0.821. The predicted octanol–water partition coefficient (Wildman–Crippen LogP) is 3.73. The largest absolute Gasteiger partial charge is 0.324 e. The lowest BCUT2D eigenvalue weighted by atomic mass is 10.0. The smallest absolute Gasteiger partial charge is 0.0406 e.